The minimum Gasteiger partial charge on any atom is -0.353 e. The number of hydrogen-bond acceptors (Lipinski definition) is 3. The second kappa shape index (κ2) is 5.49. The normalized spacial score (nSPS) is 37.5. The van der Waals surface area contributed by atoms with Crippen LogP contribution in [0.4, 0.5) is 0 Å². The molecule has 3 heteroatoms. The van der Waals surface area contributed by atoms with E-state index in [1.54, 1.807) is 6.92 Å². The monoisotopic (exact) mass is 240 g/mol. The van der Waals surface area contributed by atoms with E-state index in [0.717, 1.165) is 45.3 Å². The molecule has 98 valence electrons. The van der Waals surface area contributed by atoms with Gasteiger partial charge in [0.15, 0.2) is 6.29 Å². The molecule has 0 aromatic carbocycles. The SMILES string of the molecule is CC(=O)[C@@H]1CC[C@]1(C)CCOC1CCCCO1. The Morgan fingerprint density at radius 3 is 2.76 bits per heavy atom. The van der Waals surface area contributed by atoms with Gasteiger partial charge in [0.25, 0.3) is 0 Å². The van der Waals surface area contributed by atoms with Gasteiger partial charge in [0.05, 0.1) is 6.61 Å². The molecule has 0 aromatic heterocycles. The number of carbonyl (C=O) groups is 1. The topological polar surface area (TPSA) is 35.5 Å². The van der Waals surface area contributed by atoms with Crippen molar-refractivity contribution >= 4 is 5.78 Å². The molecule has 0 spiro atoms. The minimum atomic E-state index is 0.00297. The molecule has 1 heterocycles. The third-order valence-corrected chi connectivity index (χ3v) is 4.45. The fraction of sp³-hybridized carbons (Fsp3) is 0.929. The molecule has 17 heavy (non-hydrogen) atoms. The predicted molar refractivity (Wildman–Crippen MR) is 65.7 cm³/mol. The van der Waals surface area contributed by atoms with E-state index in [0.29, 0.717) is 5.78 Å². The molecule has 1 aliphatic heterocycles. The Labute approximate surface area is 104 Å². The van der Waals surface area contributed by atoms with Crippen molar-refractivity contribution in [3.63, 3.8) is 0 Å². The van der Waals surface area contributed by atoms with Gasteiger partial charge in [-0.05, 0) is 50.9 Å². The number of Topliss-reactive ketones (excluding diaryl/α,β-unsaturated/α-hetero) is 1. The van der Waals surface area contributed by atoms with Gasteiger partial charge in [-0.15, -0.1) is 0 Å². The summed E-state index contributed by atoms with van der Waals surface area (Å²) in [5.74, 6) is 0.603. The second-order valence-electron chi connectivity index (χ2n) is 5.77. The van der Waals surface area contributed by atoms with Crippen molar-refractivity contribution in [3.05, 3.63) is 0 Å². The molecule has 0 aromatic rings. The predicted octanol–water partition coefficient (Wildman–Crippen LogP) is 2.93. The highest BCUT2D eigenvalue weighted by Crippen LogP contribution is 2.49. The molecule has 0 bridgehead atoms. The van der Waals surface area contributed by atoms with Crippen LogP contribution >= 0.6 is 0 Å². The largest absolute Gasteiger partial charge is 0.353 e. The average Bonchev–Trinajstić information content (AvgIpc) is 2.28. The highest BCUT2D eigenvalue weighted by atomic mass is 16.7. The van der Waals surface area contributed by atoms with E-state index in [-0.39, 0.29) is 17.6 Å². The minimum absolute atomic E-state index is 0.00297. The summed E-state index contributed by atoms with van der Waals surface area (Å²) >= 11 is 0. The van der Waals surface area contributed by atoms with Gasteiger partial charge in [-0.3, -0.25) is 4.79 Å². The zero-order chi connectivity index (χ0) is 12.3. The number of carbonyl (C=O) groups excluding carboxylic acids is 1. The molecule has 3 nitrogen and oxygen atoms in total. The average molecular weight is 240 g/mol. The van der Waals surface area contributed by atoms with Crippen molar-refractivity contribution in [2.75, 3.05) is 13.2 Å². The zero-order valence-corrected chi connectivity index (χ0v) is 11.0. The van der Waals surface area contributed by atoms with Crippen LogP contribution in [0.1, 0.15) is 52.4 Å². The Kier molecular flexibility index (Phi) is 4.21. The maximum atomic E-state index is 11.4. The summed E-state index contributed by atoms with van der Waals surface area (Å²) < 4.78 is 11.3. The number of ketones is 1. The van der Waals surface area contributed by atoms with Crippen LogP contribution in [0.3, 0.4) is 0 Å². The lowest BCUT2D eigenvalue weighted by atomic mass is 9.58. The first-order valence-corrected chi connectivity index (χ1v) is 6.85. The lowest BCUT2D eigenvalue weighted by Gasteiger charge is -2.46. The number of ether oxygens (including phenoxy) is 2. The van der Waals surface area contributed by atoms with Crippen molar-refractivity contribution in [1.29, 1.82) is 0 Å². The zero-order valence-electron chi connectivity index (χ0n) is 11.0. The van der Waals surface area contributed by atoms with Crippen molar-refractivity contribution in [3.8, 4) is 0 Å². The Morgan fingerprint density at radius 1 is 1.41 bits per heavy atom. The van der Waals surface area contributed by atoms with Gasteiger partial charge in [-0.25, -0.2) is 0 Å². The van der Waals surface area contributed by atoms with Crippen LogP contribution in [0.2, 0.25) is 0 Å². The van der Waals surface area contributed by atoms with E-state index in [2.05, 4.69) is 6.92 Å². The van der Waals surface area contributed by atoms with Gasteiger partial charge in [0.1, 0.15) is 5.78 Å². The van der Waals surface area contributed by atoms with Crippen LogP contribution in [-0.2, 0) is 14.3 Å². The van der Waals surface area contributed by atoms with Crippen LogP contribution in [0.25, 0.3) is 0 Å². The molecule has 0 N–H and O–H groups in total. The molecule has 2 aliphatic rings. The summed E-state index contributed by atoms with van der Waals surface area (Å²) in [6.07, 6.45) is 6.59. The summed E-state index contributed by atoms with van der Waals surface area (Å²) in [6.45, 7) is 5.49. The van der Waals surface area contributed by atoms with Gasteiger partial charge in [0, 0.05) is 12.5 Å². The summed E-state index contributed by atoms with van der Waals surface area (Å²) in [7, 11) is 0. The molecular weight excluding hydrogens is 216 g/mol. The molecule has 2 fully saturated rings. The molecule has 0 radical (unpaired) electrons. The first-order chi connectivity index (χ1) is 8.12. The van der Waals surface area contributed by atoms with E-state index in [4.69, 9.17) is 9.47 Å². The van der Waals surface area contributed by atoms with Crippen molar-refractivity contribution in [2.24, 2.45) is 11.3 Å². The molecular formula is C14H24O3. The highest BCUT2D eigenvalue weighted by Gasteiger charge is 2.44. The van der Waals surface area contributed by atoms with E-state index in [1.165, 1.54) is 6.42 Å². The van der Waals surface area contributed by atoms with E-state index in [9.17, 15) is 4.79 Å². The third kappa shape index (κ3) is 3.08. The quantitative estimate of drug-likeness (QED) is 0.741. The molecule has 2 rings (SSSR count). The van der Waals surface area contributed by atoms with E-state index in [1.807, 2.05) is 0 Å². The van der Waals surface area contributed by atoms with Gasteiger partial charge in [-0.2, -0.15) is 0 Å². The molecule has 1 unspecified atom stereocenters. The van der Waals surface area contributed by atoms with Crippen molar-refractivity contribution in [2.45, 2.75) is 58.7 Å². The van der Waals surface area contributed by atoms with Gasteiger partial charge >= 0.3 is 0 Å². The smallest absolute Gasteiger partial charge is 0.157 e. The Morgan fingerprint density at radius 2 is 2.24 bits per heavy atom. The molecule has 1 saturated heterocycles. The Balaban J connectivity index is 1.69. The highest BCUT2D eigenvalue weighted by molar-refractivity contribution is 5.80. The van der Waals surface area contributed by atoms with Gasteiger partial charge < -0.3 is 9.47 Å². The van der Waals surface area contributed by atoms with Crippen molar-refractivity contribution in [1.82, 2.24) is 0 Å². The van der Waals surface area contributed by atoms with Crippen LogP contribution < -0.4 is 0 Å². The standard InChI is InChI=1S/C14H24O3/c1-11(15)12-6-7-14(12,2)8-10-17-13-5-3-4-9-16-13/h12-13H,3-10H2,1-2H3/t12-,13?,14+/m0/s1. The third-order valence-electron chi connectivity index (χ3n) is 4.45. The number of rotatable bonds is 5. The molecule has 3 atom stereocenters. The second-order valence-corrected chi connectivity index (χ2v) is 5.77. The van der Waals surface area contributed by atoms with Crippen LogP contribution in [0, 0.1) is 11.3 Å². The molecule has 0 amide bonds. The van der Waals surface area contributed by atoms with E-state index < -0.39 is 0 Å². The first-order valence-electron chi connectivity index (χ1n) is 6.85. The lowest BCUT2D eigenvalue weighted by molar-refractivity contribution is -0.170. The molecule has 1 aliphatic carbocycles. The van der Waals surface area contributed by atoms with Gasteiger partial charge in [0.2, 0.25) is 0 Å². The van der Waals surface area contributed by atoms with Crippen molar-refractivity contribution < 1.29 is 14.3 Å². The summed E-state index contributed by atoms with van der Waals surface area (Å²) in [5.41, 5.74) is 0.181. The first kappa shape index (κ1) is 13.0. The van der Waals surface area contributed by atoms with Crippen LogP contribution in [0.15, 0.2) is 0 Å². The lowest BCUT2D eigenvalue weighted by Crippen LogP contribution is -2.42. The fourth-order valence-corrected chi connectivity index (χ4v) is 3.04. The maximum Gasteiger partial charge on any atom is 0.157 e. The van der Waals surface area contributed by atoms with Crippen LogP contribution in [-0.4, -0.2) is 25.3 Å². The van der Waals surface area contributed by atoms with E-state index >= 15 is 0 Å². The summed E-state index contributed by atoms with van der Waals surface area (Å²) in [4.78, 5) is 11.4. The van der Waals surface area contributed by atoms with Crippen LogP contribution in [0.5, 0.6) is 0 Å². The number of hydrogen-bond donors (Lipinski definition) is 0. The van der Waals surface area contributed by atoms with Gasteiger partial charge in [-0.1, -0.05) is 6.92 Å². The fourth-order valence-electron chi connectivity index (χ4n) is 3.04. The maximum absolute atomic E-state index is 11.4. The molecule has 1 saturated carbocycles. The Bertz CT molecular complexity index is 271. The summed E-state index contributed by atoms with van der Waals surface area (Å²) in [6, 6.07) is 0. The summed E-state index contributed by atoms with van der Waals surface area (Å²) in [5, 5.41) is 0. The Hall–Kier alpha value is -0.410.